The van der Waals surface area contributed by atoms with Crippen molar-refractivity contribution in [3.8, 4) is 16.4 Å². The average Bonchev–Trinajstić information content (AvgIpc) is 3.21. The van der Waals surface area contributed by atoms with Crippen molar-refractivity contribution >= 4 is 11.3 Å². The second-order valence-electron chi connectivity index (χ2n) is 5.09. The molecule has 0 amide bonds. The first-order valence-corrected chi connectivity index (χ1v) is 8.07. The van der Waals surface area contributed by atoms with Gasteiger partial charge in [0.1, 0.15) is 5.69 Å². The van der Waals surface area contributed by atoms with Gasteiger partial charge < -0.3 is 5.11 Å². The summed E-state index contributed by atoms with van der Waals surface area (Å²) in [5, 5.41) is 13.2. The van der Waals surface area contributed by atoms with E-state index in [2.05, 4.69) is 10.1 Å². The summed E-state index contributed by atoms with van der Waals surface area (Å²) < 4.78 is 39.9. The summed E-state index contributed by atoms with van der Waals surface area (Å²) in [6, 6.07) is 7.62. The number of pyridine rings is 1. The van der Waals surface area contributed by atoms with Crippen LogP contribution in [0.15, 0.2) is 36.5 Å². The van der Waals surface area contributed by atoms with Gasteiger partial charge in [0, 0.05) is 4.88 Å². The van der Waals surface area contributed by atoms with Crippen molar-refractivity contribution in [2.45, 2.75) is 26.1 Å². The molecule has 3 aromatic rings. The van der Waals surface area contributed by atoms with Gasteiger partial charge in [0.05, 0.1) is 23.4 Å². The number of thiophene rings is 1. The van der Waals surface area contributed by atoms with E-state index in [-0.39, 0.29) is 12.4 Å². The molecular formula is C16H14F3N3OS. The number of nitrogens with zero attached hydrogens (tertiary/aromatic N) is 3. The third kappa shape index (κ3) is 3.07. The lowest BCUT2D eigenvalue weighted by Crippen LogP contribution is -2.14. The van der Waals surface area contributed by atoms with E-state index in [0.29, 0.717) is 5.69 Å². The van der Waals surface area contributed by atoms with E-state index in [1.165, 1.54) is 17.4 Å². The van der Waals surface area contributed by atoms with Gasteiger partial charge in [-0.1, -0.05) is 13.0 Å². The highest BCUT2D eigenvalue weighted by atomic mass is 32.1. The van der Waals surface area contributed by atoms with Crippen LogP contribution in [-0.2, 0) is 19.2 Å². The van der Waals surface area contributed by atoms with Crippen LogP contribution in [0.5, 0.6) is 0 Å². The summed E-state index contributed by atoms with van der Waals surface area (Å²) >= 11 is 1.48. The summed E-state index contributed by atoms with van der Waals surface area (Å²) in [5.41, 5.74) is 0.359. The molecule has 3 rings (SSSR count). The van der Waals surface area contributed by atoms with Gasteiger partial charge in [0.2, 0.25) is 0 Å². The Morgan fingerprint density at radius 2 is 2.04 bits per heavy atom. The van der Waals surface area contributed by atoms with Gasteiger partial charge in [0.15, 0.2) is 5.82 Å². The molecule has 8 heteroatoms. The molecule has 0 saturated heterocycles. The first kappa shape index (κ1) is 16.7. The maximum atomic E-state index is 13.0. The number of aromatic nitrogens is 3. The molecule has 0 atom stereocenters. The van der Waals surface area contributed by atoms with Crippen LogP contribution in [0.25, 0.3) is 16.4 Å². The number of aliphatic hydroxyl groups is 1. The van der Waals surface area contributed by atoms with Crippen molar-refractivity contribution in [3.63, 3.8) is 0 Å². The smallest absolute Gasteiger partial charge is 0.392 e. The predicted octanol–water partition coefficient (Wildman–Crippen LogP) is 4.07. The number of alkyl halides is 3. The van der Waals surface area contributed by atoms with Crippen LogP contribution < -0.4 is 0 Å². The minimum Gasteiger partial charge on any atom is -0.392 e. The summed E-state index contributed by atoms with van der Waals surface area (Å²) in [6.45, 7) is 1.85. The number of aryl methyl sites for hydroxylation is 1. The highest BCUT2D eigenvalue weighted by molar-refractivity contribution is 7.15. The molecule has 0 spiro atoms. The van der Waals surface area contributed by atoms with Crippen LogP contribution in [0.2, 0.25) is 0 Å². The topological polar surface area (TPSA) is 50.9 Å². The molecule has 0 radical (unpaired) electrons. The predicted molar refractivity (Wildman–Crippen MR) is 85.0 cm³/mol. The number of hydrogen-bond acceptors (Lipinski definition) is 4. The van der Waals surface area contributed by atoms with Crippen molar-refractivity contribution in [2.75, 3.05) is 0 Å². The zero-order valence-electron chi connectivity index (χ0n) is 12.7. The molecule has 0 aliphatic carbocycles. The van der Waals surface area contributed by atoms with Crippen LogP contribution in [0.4, 0.5) is 13.2 Å². The number of rotatable bonds is 4. The van der Waals surface area contributed by atoms with E-state index in [1.54, 1.807) is 12.1 Å². The van der Waals surface area contributed by atoms with Crippen molar-refractivity contribution in [1.29, 1.82) is 0 Å². The third-order valence-corrected chi connectivity index (χ3v) is 4.84. The Hall–Kier alpha value is -2.19. The quantitative estimate of drug-likeness (QED) is 0.769. The van der Waals surface area contributed by atoms with Crippen LogP contribution >= 0.6 is 11.3 Å². The molecule has 4 nitrogen and oxygen atoms in total. The van der Waals surface area contributed by atoms with Gasteiger partial charge in [-0.15, -0.1) is 11.3 Å². The van der Waals surface area contributed by atoms with E-state index in [9.17, 15) is 18.3 Å². The van der Waals surface area contributed by atoms with Crippen molar-refractivity contribution in [2.24, 2.45) is 0 Å². The van der Waals surface area contributed by atoms with Gasteiger partial charge in [-0.3, -0.25) is 0 Å². The molecule has 126 valence electrons. The highest BCUT2D eigenvalue weighted by Crippen LogP contribution is 2.34. The van der Waals surface area contributed by atoms with Crippen LogP contribution in [0, 0.1) is 0 Å². The van der Waals surface area contributed by atoms with E-state index in [0.717, 1.165) is 38.7 Å². The fraction of sp³-hybridized carbons (Fsp3) is 0.250. The Bertz CT molecular complexity index is 854. The lowest BCUT2D eigenvalue weighted by Gasteiger charge is -2.10. The molecule has 0 fully saturated rings. The number of hydrogen-bond donors (Lipinski definition) is 1. The zero-order chi connectivity index (χ0) is 17.3. The Balaban J connectivity index is 2.08. The Kier molecular flexibility index (Phi) is 4.42. The summed E-state index contributed by atoms with van der Waals surface area (Å²) in [7, 11) is 0. The van der Waals surface area contributed by atoms with Crippen LogP contribution in [0.3, 0.4) is 0 Å². The molecule has 3 heterocycles. The second kappa shape index (κ2) is 6.37. The summed E-state index contributed by atoms with van der Waals surface area (Å²) in [5.74, 6) is 0.0835. The largest absolute Gasteiger partial charge is 0.433 e. The minimum absolute atomic E-state index is 0.0835. The molecule has 3 aromatic heterocycles. The zero-order valence-corrected chi connectivity index (χ0v) is 13.5. The van der Waals surface area contributed by atoms with Crippen molar-refractivity contribution in [3.05, 3.63) is 52.7 Å². The fourth-order valence-electron chi connectivity index (χ4n) is 2.36. The van der Waals surface area contributed by atoms with E-state index in [4.69, 9.17) is 0 Å². The molecule has 0 aliphatic rings. The standard InChI is InChI=1S/C16H14F3N3OS/c1-2-11-8-10(9-23)15(24-11)12-4-3-5-14(21-12)22-13(6-7-20-22)16(17,18)19/h3-8,23H,2,9H2,1H3. The van der Waals surface area contributed by atoms with Crippen LogP contribution in [-0.4, -0.2) is 19.9 Å². The van der Waals surface area contributed by atoms with Gasteiger partial charge in [-0.2, -0.15) is 18.3 Å². The van der Waals surface area contributed by atoms with Gasteiger partial charge in [-0.25, -0.2) is 9.67 Å². The molecular weight excluding hydrogens is 339 g/mol. The summed E-state index contributed by atoms with van der Waals surface area (Å²) in [4.78, 5) is 6.16. The molecule has 0 aromatic carbocycles. The molecule has 24 heavy (non-hydrogen) atoms. The molecule has 1 N–H and O–H groups in total. The maximum Gasteiger partial charge on any atom is 0.433 e. The number of halogens is 3. The Labute approximate surface area is 140 Å². The van der Waals surface area contributed by atoms with Crippen LogP contribution in [0.1, 0.15) is 23.1 Å². The first-order chi connectivity index (χ1) is 11.4. The van der Waals surface area contributed by atoms with Gasteiger partial charge in [0.25, 0.3) is 0 Å². The van der Waals surface area contributed by atoms with Gasteiger partial charge >= 0.3 is 6.18 Å². The molecule has 0 unspecified atom stereocenters. The monoisotopic (exact) mass is 353 g/mol. The Morgan fingerprint density at radius 3 is 2.71 bits per heavy atom. The van der Waals surface area contributed by atoms with E-state index in [1.807, 2.05) is 13.0 Å². The fourth-order valence-corrected chi connectivity index (χ4v) is 3.44. The molecule has 0 aliphatic heterocycles. The highest BCUT2D eigenvalue weighted by Gasteiger charge is 2.35. The lowest BCUT2D eigenvalue weighted by molar-refractivity contribution is -0.142. The first-order valence-electron chi connectivity index (χ1n) is 7.25. The van der Waals surface area contributed by atoms with E-state index < -0.39 is 11.9 Å². The second-order valence-corrected chi connectivity index (χ2v) is 6.22. The van der Waals surface area contributed by atoms with E-state index >= 15 is 0 Å². The molecule has 0 saturated carbocycles. The van der Waals surface area contributed by atoms with Crippen molar-refractivity contribution in [1.82, 2.24) is 14.8 Å². The third-order valence-electron chi connectivity index (χ3n) is 3.50. The van der Waals surface area contributed by atoms with Gasteiger partial charge in [-0.05, 0) is 36.2 Å². The normalized spacial score (nSPS) is 11.9. The van der Waals surface area contributed by atoms with Crippen molar-refractivity contribution < 1.29 is 18.3 Å². The summed E-state index contributed by atoms with van der Waals surface area (Å²) in [6.07, 6.45) is -2.60. The SMILES string of the molecule is CCc1cc(CO)c(-c2cccc(-n3nccc3C(F)(F)F)n2)s1. The average molecular weight is 353 g/mol. The molecule has 0 bridgehead atoms. The Morgan fingerprint density at radius 1 is 1.25 bits per heavy atom. The lowest BCUT2D eigenvalue weighted by atomic mass is 10.2. The minimum atomic E-state index is -4.51. The maximum absolute atomic E-state index is 13.0. The number of aliphatic hydroxyl groups excluding tert-OH is 1.